The van der Waals surface area contributed by atoms with Crippen LogP contribution in [0.25, 0.3) is 0 Å². The Bertz CT molecular complexity index is 686. The highest BCUT2D eigenvalue weighted by Gasteiger charge is 2.13. The van der Waals surface area contributed by atoms with Gasteiger partial charge in [0, 0.05) is 32.7 Å². The van der Waals surface area contributed by atoms with Gasteiger partial charge in [0.1, 0.15) is 5.75 Å². The smallest absolute Gasteiger partial charge is 0.259 e. The van der Waals surface area contributed by atoms with E-state index in [1.165, 1.54) is 7.11 Å². The number of nitrogens with one attached hydrogen (secondary N) is 1. The van der Waals surface area contributed by atoms with E-state index in [9.17, 15) is 9.00 Å². The van der Waals surface area contributed by atoms with Gasteiger partial charge >= 0.3 is 0 Å². The standard InChI is InChI=1S/C15H14ClNO3S/c1-20-14-9-10(16)3-8-13(14)15(18)17-11-4-6-12(7-5-11)21(2)19/h3-9H,1-2H3,(H,17,18)/t21-/m0/s1. The summed E-state index contributed by atoms with van der Waals surface area (Å²) in [5, 5.41) is 3.26. The van der Waals surface area contributed by atoms with Crippen LogP contribution < -0.4 is 10.1 Å². The van der Waals surface area contributed by atoms with Gasteiger partial charge in [0.2, 0.25) is 0 Å². The quantitative estimate of drug-likeness (QED) is 0.939. The first-order chi connectivity index (χ1) is 10.0. The van der Waals surface area contributed by atoms with Crippen LogP contribution in [0.5, 0.6) is 5.75 Å². The summed E-state index contributed by atoms with van der Waals surface area (Å²) in [6.07, 6.45) is 1.60. The predicted octanol–water partition coefficient (Wildman–Crippen LogP) is 3.34. The Morgan fingerprint density at radius 2 is 1.86 bits per heavy atom. The van der Waals surface area contributed by atoms with Crippen LogP contribution >= 0.6 is 11.6 Å². The van der Waals surface area contributed by atoms with E-state index in [-0.39, 0.29) is 5.91 Å². The summed E-state index contributed by atoms with van der Waals surface area (Å²) < 4.78 is 16.5. The summed E-state index contributed by atoms with van der Waals surface area (Å²) in [7, 11) is 0.439. The number of benzene rings is 2. The topological polar surface area (TPSA) is 55.4 Å². The maximum Gasteiger partial charge on any atom is 0.259 e. The van der Waals surface area contributed by atoms with Gasteiger partial charge in [-0.05, 0) is 42.5 Å². The van der Waals surface area contributed by atoms with E-state index in [0.717, 1.165) is 0 Å². The molecular weight excluding hydrogens is 310 g/mol. The van der Waals surface area contributed by atoms with E-state index in [2.05, 4.69) is 5.32 Å². The number of amides is 1. The molecule has 0 radical (unpaired) electrons. The molecule has 21 heavy (non-hydrogen) atoms. The zero-order chi connectivity index (χ0) is 15.4. The number of hydrogen-bond donors (Lipinski definition) is 1. The van der Waals surface area contributed by atoms with Crippen molar-refractivity contribution in [3.05, 3.63) is 53.1 Å². The molecule has 110 valence electrons. The molecule has 0 aliphatic heterocycles. The molecule has 0 saturated carbocycles. The van der Waals surface area contributed by atoms with E-state index >= 15 is 0 Å². The molecule has 0 aliphatic rings. The molecule has 0 heterocycles. The minimum Gasteiger partial charge on any atom is -0.496 e. The lowest BCUT2D eigenvalue weighted by Crippen LogP contribution is -2.13. The normalized spacial score (nSPS) is 11.8. The number of halogens is 1. The van der Waals surface area contributed by atoms with Crippen molar-refractivity contribution in [2.45, 2.75) is 4.90 Å². The molecule has 2 aromatic carbocycles. The van der Waals surface area contributed by atoms with E-state index in [1.807, 2.05) is 0 Å². The van der Waals surface area contributed by atoms with Gasteiger partial charge in [-0.3, -0.25) is 9.00 Å². The summed E-state index contributed by atoms with van der Waals surface area (Å²) in [6.45, 7) is 0. The second-order valence-electron chi connectivity index (χ2n) is 4.28. The molecule has 4 nitrogen and oxygen atoms in total. The fourth-order valence-electron chi connectivity index (χ4n) is 1.78. The van der Waals surface area contributed by atoms with Crippen molar-refractivity contribution in [1.82, 2.24) is 0 Å². The molecule has 0 spiro atoms. The summed E-state index contributed by atoms with van der Waals surface area (Å²) >= 11 is 5.87. The maximum atomic E-state index is 12.2. The van der Waals surface area contributed by atoms with E-state index in [1.54, 1.807) is 48.7 Å². The molecule has 1 amide bonds. The van der Waals surface area contributed by atoms with Gasteiger partial charge in [0.15, 0.2) is 0 Å². The van der Waals surface area contributed by atoms with Crippen LogP contribution in [0.15, 0.2) is 47.4 Å². The average Bonchev–Trinajstić information content (AvgIpc) is 2.47. The number of carbonyl (C=O) groups is 1. The Balaban J connectivity index is 2.19. The Hall–Kier alpha value is -1.85. The van der Waals surface area contributed by atoms with Crippen molar-refractivity contribution in [1.29, 1.82) is 0 Å². The summed E-state index contributed by atoms with van der Waals surface area (Å²) in [5.74, 6) is 0.111. The molecule has 0 aliphatic carbocycles. The number of rotatable bonds is 4. The average molecular weight is 324 g/mol. The number of ether oxygens (including phenoxy) is 1. The first-order valence-electron chi connectivity index (χ1n) is 6.09. The van der Waals surface area contributed by atoms with Gasteiger partial charge in [0.25, 0.3) is 5.91 Å². The van der Waals surface area contributed by atoms with Crippen molar-refractivity contribution in [2.24, 2.45) is 0 Å². The van der Waals surface area contributed by atoms with Crippen LogP contribution in [-0.4, -0.2) is 23.5 Å². The first-order valence-corrected chi connectivity index (χ1v) is 8.03. The highest BCUT2D eigenvalue weighted by atomic mass is 35.5. The molecule has 1 atom stereocenters. The molecule has 2 rings (SSSR count). The Morgan fingerprint density at radius 1 is 1.19 bits per heavy atom. The molecule has 0 fully saturated rings. The zero-order valence-electron chi connectivity index (χ0n) is 11.6. The van der Waals surface area contributed by atoms with Crippen LogP contribution in [0.3, 0.4) is 0 Å². The van der Waals surface area contributed by atoms with E-state index in [0.29, 0.717) is 26.9 Å². The molecule has 6 heteroatoms. The Morgan fingerprint density at radius 3 is 2.43 bits per heavy atom. The lowest BCUT2D eigenvalue weighted by atomic mass is 10.2. The van der Waals surface area contributed by atoms with Gasteiger partial charge in [-0.1, -0.05) is 11.6 Å². The van der Waals surface area contributed by atoms with Gasteiger partial charge < -0.3 is 10.1 Å². The molecule has 1 N–H and O–H groups in total. The fourth-order valence-corrected chi connectivity index (χ4v) is 2.46. The number of anilines is 1. The third kappa shape index (κ3) is 3.83. The SMILES string of the molecule is COc1cc(Cl)ccc1C(=O)Nc1ccc([S@](C)=O)cc1. The molecule has 0 aromatic heterocycles. The van der Waals surface area contributed by atoms with Crippen molar-refractivity contribution in [3.63, 3.8) is 0 Å². The Kier molecular flexibility index (Phi) is 4.98. The minimum atomic E-state index is -1.04. The third-order valence-electron chi connectivity index (χ3n) is 2.85. The van der Waals surface area contributed by atoms with E-state index < -0.39 is 10.8 Å². The first kappa shape index (κ1) is 15.5. The summed E-state index contributed by atoms with van der Waals surface area (Å²) in [4.78, 5) is 12.9. The van der Waals surface area contributed by atoms with Crippen molar-refractivity contribution >= 4 is 34.0 Å². The second-order valence-corrected chi connectivity index (χ2v) is 6.09. The molecule has 0 unspecified atom stereocenters. The largest absolute Gasteiger partial charge is 0.496 e. The number of hydrogen-bond acceptors (Lipinski definition) is 3. The van der Waals surface area contributed by atoms with Crippen LogP contribution in [0.4, 0.5) is 5.69 Å². The fraction of sp³-hybridized carbons (Fsp3) is 0.133. The number of methoxy groups -OCH3 is 1. The minimum absolute atomic E-state index is 0.297. The van der Waals surface area contributed by atoms with Gasteiger partial charge in [0.05, 0.1) is 12.7 Å². The zero-order valence-corrected chi connectivity index (χ0v) is 13.1. The van der Waals surface area contributed by atoms with Gasteiger partial charge in [-0.2, -0.15) is 0 Å². The number of carbonyl (C=O) groups excluding carboxylic acids is 1. The monoisotopic (exact) mass is 323 g/mol. The molecule has 0 saturated heterocycles. The van der Waals surface area contributed by atoms with Crippen LogP contribution in [-0.2, 0) is 10.8 Å². The third-order valence-corrected chi connectivity index (χ3v) is 4.02. The Labute approximate surface area is 130 Å². The predicted molar refractivity (Wildman–Crippen MR) is 84.7 cm³/mol. The summed E-state index contributed by atoms with van der Waals surface area (Å²) in [6, 6.07) is 11.7. The van der Waals surface area contributed by atoms with Crippen molar-refractivity contribution in [3.8, 4) is 5.75 Å². The lowest BCUT2D eigenvalue weighted by Gasteiger charge is -2.10. The van der Waals surface area contributed by atoms with Crippen molar-refractivity contribution < 1.29 is 13.7 Å². The van der Waals surface area contributed by atoms with Crippen LogP contribution in [0.2, 0.25) is 5.02 Å². The molecule has 0 bridgehead atoms. The summed E-state index contributed by atoms with van der Waals surface area (Å²) in [5.41, 5.74) is 1.01. The molecule has 2 aromatic rings. The van der Waals surface area contributed by atoms with Crippen LogP contribution in [0.1, 0.15) is 10.4 Å². The highest BCUT2D eigenvalue weighted by molar-refractivity contribution is 7.84. The van der Waals surface area contributed by atoms with Crippen molar-refractivity contribution in [2.75, 3.05) is 18.7 Å². The van der Waals surface area contributed by atoms with Gasteiger partial charge in [-0.15, -0.1) is 0 Å². The highest BCUT2D eigenvalue weighted by Crippen LogP contribution is 2.24. The second kappa shape index (κ2) is 6.74. The molecular formula is C15H14ClNO3S. The van der Waals surface area contributed by atoms with Crippen LogP contribution in [0, 0.1) is 0 Å². The lowest BCUT2D eigenvalue weighted by molar-refractivity contribution is 0.102. The maximum absolute atomic E-state index is 12.2. The van der Waals surface area contributed by atoms with E-state index in [4.69, 9.17) is 16.3 Å². The van der Waals surface area contributed by atoms with Gasteiger partial charge in [-0.25, -0.2) is 0 Å².